The highest BCUT2D eigenvalue weighted by Crippen LogP contribution is 2.21. The zero-order chi connectivity index (χ0) is 14.3. The lowest BCUT2D eigenvalue weighted by Gasteiger charge is -2.23. The Bertz CT molecular complexity index is 379. The van der Waals surface area contributed by atoms with Gasteiger partial charge in [-0.2, -0.15) is 0 Å². The number of anilines is 1. The van der Waals surface area contributed by atoms with E-state index in [0.717, 1.165) is 38.0 Å². The minimum Gasteiger partial charge on any atom is -0.372 e. The van der Waals surface area contributed by atoms with Crippen LogP contribution in [0.25, 0.3) is 0 Å². The third-order valence-corrected chi connectivity index (χ3v) is 3.46. The van der Waals surface area contributed by atoms with Crippen LogP contribution in [0.15, 0.2) is 18.2 Å². The molecule has 0 spiro atoms. The maximum atomic E-state index is 14.1. The Balaban J connectivity index is 2.65. The lowest BCUT2D eigenvalue weighted by atomic mass is 10.1. The molecule has 0 aromatic heterocycles. The van der Waals surface area contributed by atoms with Crippen molar-refractivity contribution < 1.29 is 4.39 Å². The van der Waals surface area contributed by atoms with Crippen molar-refractivity contribution in [3.05, 3.63) is 29.6 Å². The van der Waals surface area contributed by atoms with Gasteiger partial charge in [-0.05, 0) is 36.6 Å². The number of nitrogens with zero attached hydrogens (tertiary/aromatic N) is 1. The van der Waals surface area contributed by atoms with Crippen LogP contribution in [-0.2, 0) is 6.54 Å². The zero-order valence-electron chi connectivity index (χ0n) is 12.7. The summed E-state index contributed by atoms with van der Waals surface area (Å²) in [6, 6.07) is 5.54. The van der Waals surface area contributed by atoms with Gasteiger partial charge in [-0.3, -0.25) is 0 Å². The zero-order valence-corrected chi connectivity index (χ0v) is 12.7. The first-order valence-corrected chi connectivity index (χ1v) is 7.28. The van der Waals surface area contributed by atoms with Gasteiger partial charge in [0, 0.05) is 20.1 Å². The summed E-state index contributed by atoms with van der Waals surface area (Å²) < 4.78 is 14.1. The first-order chi connectivity index (χ1) is 9.08. The third kappa shape index (κ3) is 5.19. The van der Waals surface area contributed by atoms with Crippen molar-refractivity contribution >= 4 is 5.69 Å². The van der Waals surface area contributed by atoms with Gasteiger partial charge in [0.25, 0.3) is 0 Å². The molecule has 0 fully saturated rings. The lowest BCUT2D eigenvalue weighted by Crippen LogP contribution is -2.24. The molecular weight excluding hydrogens is 239 g/mol. The standard InChI is InChI=1S/C16H27FN2/c1-5-9-18-11-14-7-8-16(15(17)10-14)19(4)12-13(3)6-2/h7-8,10,13,18H,5-6,9,11-12H2,1-4H3. The van der Waals surface area contributed by atoms with Gasteiger partial charge in [0.1, 0.15) is 5.82 Å². The van der Waals surface area contributed by atoms with E-state index in [0.29, 0.717) is 11.6 Å². The van der Waals surface area contributed by atoms with Crippen LogP contribution >= 0.6 is 0 Å². The highest BCUT2D eigenvalue weighted by molar-refractivity contribution is 5.48. The second-order valence-corrected chi connectivity index (χ2v) is 5.36. The predicted octanol–water partition coefficient (Wildman–Crippen LogP) is 3.81. The van der Waals surface area contributed by atoms with Crippen molar-refractivity contribution in [1.82, 2.24) is 5.32 Å². The van der Waals surface area contributed by atoms with E-state index in [4.69, 9.17) is 0 Å². The van der Waals surface area contributed by atoms with Crippen LogP contribution < -0.4 is 10.2 Å². The number of rotatable bonds is 8. The molecule has 1 aromatic carbocycles. The molecule has 3 heteroatoms. The molecule has 2 nitrogen and oxygen atoms in total. The molecule has 0 heterocycles. The summed E-state index contributed by atoms with van der Waals surface area (Å²) in [7, 11) is 1.96. The fourth-order valence-corrected chi connectivity index (χ4v) is 2.07. The van der Waals surface area contributed by atoms with E-state index in [9.17, 15) is 4.39 Å². The smallest absolute Gasteiger partial charge is 0.146 e. The summed E-state index contributed by atoms with van der Waals surface area (Å²) in [5.74, 6) is 0.455. The number of benzene rings is 1. The number of hydrogen-bond donors (Lipinski definition) is 1. The minimum absolute atomic E-state index is 0.124. The van der Waals surface area contributed by atoms with Crippen LogP contribution in [0.5, 0.6) is 0 Å². The van der Waals surface area contributed by atoms with Crippen LogP contribution in [0, 0.1) is 11.7 Å². The van der Waals surface area contributed by atoms with E-state index in [1.165, 1.54) is 0 Å². The van der Waals surface area contributed by atoms with E-state index in [-0.39, 0.29) is 5.82 Å². The summed E-state index contributed by atoms with van der Waals surface area (Å²) in [5.41, 5.74) is 1.70. The summed E-state index contributed by atoms with van der Waals surface area (Å²) in [5, 5.41) is 3.29. The van der Waals surface area contributed by atoms with Gasteiger partial charge in [-0.15, -0.1) is 0 Å². The Labute approximate surface area is 117 Å². The van der Waals surface area contributed by atoms with Gasteiger partial charge >= 0.3 is 0 Å². The molecular formula is C16H27FN2. The van der Waals surface area contributed by atoms with Crippen molar-refractivity contribution in [3.8, 4) is 0 Å². The summed E-state index contributed by atoms with van der Waals surface area (Å²) in [6.45, 7) is 9.08. The van der Waals surface area contributed by atoms with E-state index in [1.807, 2.05) is 24.1 Å². The molecule has 0 aliphatic rings. The Morgan fingerprint density at radius 2 is 2.05 bits per heavy atom. The maximum Gasteiger partial charge on any atom is 0.146 e. The Morgan fingerprint density at radius 3 is 2.63 bits per heavy atom. The predicted molar refractivity (Wildman–Crippen MR) is 81.1 cm³/mol. The molecule has 1 unspecified atom stereocenters. The van der Waals surface area contributed by atoms with Crippen LogP contribution in [0.1, 0.15) is 39.2 Å². The van der Waals surface area contributed by atoms with Gasteiger partial charge in [-0.25, -0.2) is 4.39 Å². The molecule has 0 bridgehead atoms. The molecule has 0 amide bonds. The van der Waals surface area contributed by atoms with Gasteiger partial charge in [0.2, 0.25) is 0 Å². The van der Waals surface area contributed by atoms with E-state index >= 15 is 0 Å². The molecule has 1 aromatic rings. The van der Waals surface area contributed by atoms with Crippen LogP contribution in [0.4, 0.5) is 10.1 Å². The van der Waals surface area contributed by atoms with E-state index in [1.54, 1.807) is 6.07 Å². The summed E-state index contributed by atoms with van der Waals surface area (Å²) in [4.78, 5) is 2.01. The largest absolute Gasteiger partial charge is 0.372 e. The number of hydrogen-bond acceptors (Lipinski definition) is 2. The second kappa shape index (κ2) is 8.16. The lowest BCUT2D eigenvalue weighted by molar-refractivity contribution is 0.549. The molecule has 0 saturated carbocycles. The molecule has 0 aliphatic carbocycles. The van der Waals surface area contributed by atoms with E-state index < -0.39 is 0 Å². The third-order valence-electron chi connectivity index (χ3n) is 3.46. The first kappa shape index (κ1) is 16.0. The molecule has 1 atom stereocenters. The molecule has 19 heavy (non-hydrogen) atoms. The Kier molecular flexibility index (Phi) is 6.85. The highest BCUT2D eigenvalue weighted by Gasteiger charge is 2.10. The normalized spacial score (nSPS) is 12.5. The van der Waals surface area contributed by atoms with Crippen LogP contribution in [0.3, 0.4) is 0 Å². The second-order valence-electron chi connectivity index (χ2n) is 5.36. The van der Waals surface area contributed by atoms with Gasteiger partial charge in [0.15, 0.2) is 0 Å². The SMILES string of the molecule is CCCNCc1ccc(N(C)CC(C)CC)c(F)c1. The van der Waals surface area contributed by atoms with Gasteiger partial charge in [0.05, 0.1) is 5.69 Å². The average Bonchev–Trinajstić information content (AvgIpc) is 2.38. The van der Waals surface area contributed by atoms with Crippen LogP contribution in [0.2, 0.25) is 0 Å². The molecule has 1 N–H and O–H groups in total. The molecule has 0 radical (unpaired) electrons. The molecule has 0 aliphatic heterocycles. The minimum atomic E-state index is -0.124. The van der Waals surface area contributed by atoms with Crippen molar-refractivity contribution in [1.29, 1.82) is 0 Å². The average molecular weight is 266 g/mol. The highest BCUT2D eigenvalue weighted by atomic mass is 19.1. The maximum absolute atomic E-state index is 14.1. The van der Waals surface area contributed by atoms with Crippen molar-refractivity contribution in [2.24, 2.45) is 5.92 Å². The van der Waals surface area contributed by atoms with Gasteiger partial charge < -0.3 is 10.2 Å². The quantitative estimate of drug-likeness (QED) is 0.720. The molecule has 0 saturated heterocycles. The fourth-order valence-electron chi connectivity index (χ4n) is 2.07. The number of nitrogens with one attached hydrogen (secondary N) is 1. The number of halogens is 1. The summed E-state index contributed by atoms with van der Waals surface area (Å²) >= 11 is 0. The van der Waals surface area contributed by atoms with Crippen molar-refractivity contribution in [2.75, 3.05) is 25.0 Å². The molecule has 108 valence electrons. The monoisotopic (exact) mass is 266 g/mol. The van der Waals surface area contributed by atoms with Crippen LogP contribution in [-0.4, -0.2) is 20.1 Å². The molecule has 1 rings (SSSR count). The first-order valence-electron chi connectivity index (χ1n) is 7.28. The van der Waals surface area contributed by atoms with Gasteiger partial charge in [-0.1, -0.05) is 33.3 Å². The fraction of sp³-hybridized carbons (Fsp3) is 0.625. The van der Waals surface area contributed by atoms with Crippen molar-refractivity contribution in [3.63, 3.8) is 0 Å². The van der Waals surface area contributed by atoms with Crippen molar-refractivity contribution in [2.45, 2.75) is 40.2 Å². The Morgan fingerprint density at radius 1 is 1.32 bits per heavy atom. The summed E-state index contributed by atoms with van der Waals surface area (Å²) in [6.07, 6.45) is 2.21. The van der Waals surface area contributed by atoms with E-state index in [2.05, 4.69) is 26.1 Å². The Hall–Kier alpha value is -1.09. The topological polar surface area (TPSA) is 15.3 Å².